The second-order valence-electron chi connectivity index (χ2n) is 5.70. The third kappa shape index (κ3) is 3.42. The molecule has 2 aromatic carbocycles. The fourth-order valence-corrected chi connectivity index (χ4v) is 2.86. The maximum atomic E-state index is 12.4. The Balaban J connectivity index is 1.60. The summed E-state index contributed by atoms with van der Waals surface area (Å²) in [6, 6.07) is 15.5. The van der Waals surface area contributed by atoms with Crippen molar-refractivity contribution in [3.05, 3.63) is 59.7 Å². The number of fused-ring (bicyclic) bond motifs is 1. The summed E-state index contributed by atoms with van der Waals surface area (Å²) in [5, 5.41) is 2.79. The third-order valence-electron chi connectivity index (χ3n) is 4.15. The van der Waals surface area contributed by atoms with E-state index in [1.54, 1.807) is 4.90 Å². The van der Waals surface area contributed by atoms with Gasteiger partial charge in [-0.25, -0.2) is 0 Å². The first-order chi connectivity index (χ1) is 11.2. The lowest BCUT2D eigenvalue weighted by molar-refractivity contribution is -0.125. The van der Waals surface area contributed by atoms with E-state index < -0.39 is 0 Å². The van der Waals surface area contributed by atoms with Gasteiger partial charge in [0, 0.05) is 17.9 Å². The van der Waals surface area contributed by atoms with Gasteiger partial charge in [-0.2, -0.15) is 0 Å². The minimum Gasteiger partial charge on any atom is -0.326 e. The van der Waals surface area contributed by atoms with E-state index in [4.69, 9.17) is 0 Å². The smallest absolute Gasteiger partial charge is 0.236 e. The summed E-state index contributed by atoms with van der Waals surface area (Å²) >= 11 is 0. The molecule has 2 amide bonds. The second-order valence-corrected chi connectivity index (χ2v) is 5.70. The molecule has 4 nitrogen and oxygen atoms in total. The molecule has 0 bridgehead atoms. The first-order valence-electron chi connectivity index (χ1n) is 7.94. The lowest BCUT2D eigenvalue weighted by atomic mass is 10.1. The zero-order chi connectivity index (χ0) is 16.2. The zero-order valence-electron chi connectivity index (χ0n) is 13.2. The van der Waals surface area contributed by atoms with Gasteiger partial charge in [0.1, 0.15) is 6.42 Å². The van der Waals surface area contributed by atoms with Crippen LogP contribution >= 0.6 is 0 Å². The highest BCUT2D eigenvalue weighted by atomic mass is 16.2. The molecular weight excluding hydrogens is 288 g/mol. The highest BCUT2D eigenvalue weighted by Crippen LogP contribution is 2.27. The molecule has 0 spiro atoms. The number of amides is 2. The number of para-hydroxylation sites is 1. The van der Waals surface area contributed by atoms with Crippen LogP contribution in [0.2, 0.25) is 0 Å². The average molecular weight is 308 g/mol. The molecule has 1 N–H and O–H groups in total. The summed E-state index contributed by atoms with van der Waals surface area (Å²) < 4.78 is 0. The quantitative estimate of drug-likeness (QED) is 0.882. The van der Waals surface area contributed by atoms with Gasteiger partial charge in [-0.1, -0.05) is 37.3 Å². The fourth-order valence-electron chi connectivity index (χ4n) is 2.86. The predicted octanol–water partition coefficient (Wildman–Crippen LogP) is 3.17. The standard InChI is InChI=1S/C19H20N2O2/c1-2-14-7-9-16(10-8-14)20-18(22)13-19(23)21-12-11-15-5-3-4-6-17(15)21/h3-10H,2,11-13H2,1H3,(H,20,22). The molecule has 1 aliphatic rings. The lowest BCUT2D eigenvalue weighted by Crippen LogP contribution is -2.32. The zero-order valence-corrected chi connectivity index (χ0v) is 13.2. The van der Waals surface area contributed by atoms with Gasteiger partial charge in [-0.15, -0.1) is 0 Å². The number of carbonyl (C=O) groups is 2. The first kappa shape index (κ1) is 15.3. The number of aryl methyl sites for hydroxylation is 1. The Kier molecular flexibility index (Phi) is 4.42. The SMILES string of the molecule is CCc1ccc(NC(=O)CC(=O)N2CCc3ccccc32)cc1. The summed E-state index contributed by atoms with van der Waals surface area (Å²) in [5.41, 5.74) is 4.03. The Hall–Kier alpha value is -2.62. The van der Waals surface area contributed by atoms with Gasteiger partial charge in [0.2, 0.25) is 11.8 Å². The number of anilines is 2. The van der Waals surface area contributed by atoms with Gasteiger partial charge >= 0.3 is 0 Å². The summed E-state index contributed by atoms with van der Waals surface area (Å²) in [6.07, 6.45) is 1.67. The molecule has 118 valence electrons. The second kappa shape index (κ2) is 6.65. The van der Waals surface area contributed by atoms with E-state index in [1.165, 1.54) is 5.56 Å². The van der Waals surface area contributed by atoms with Crippen LogP contribution in [0.25, 0.3) is 0 Å². The van der Waals surface area contributed by atoms with Crippen LogP contribution in [0.15, 0.2) is 48.5 Å². The lowest BCUT2D eigenvalue weighted by Gasteiger charge is -2.17. The summed E-state index contributed by atoms with van der Waals surface area (Å²) in [6.45, 7) is 2.73. The van der Waals surface area contributed by atoms with Crippen molar-refractivity contribution in [3.8, 4) is 0 Å². The third-order valence-corrected chi connectivity index (χ3v) is 4.15. The molecule has 0 aromatic heterocycles. The number of hydrogen-bond donors (Lipinski definition) is 1. The molecule has 4 heteroatoms. The van der Waals surface area contributed by atoms with Gasteiger partial charge in [-0.3, -0.25) is 9.59 Å². The number of hydrogen-bond acceptors (Lipinski definition) is 2. The topological polar surface area (TPSA) is 49.4 Å². The Morgan fingerprint density at radius 1 is 1.09 bits per heavy atom. The van der Waals surface area contributed by atoms with E-state index in [-0.39, 0.29) is 18.2 Å². The van der Waals surface area contributed by atoms with Crippen molar-refractivity contribution >= 4 is 23.2 Å². The van der Waals surface area contributed by atoms with Crippen LogP contribution in [0, 0.1) is 0 Å². The van der Waals surface area contributed by atoms with E-state index in [1.807, 2.05) is 48.5 Å². The van der Waals surface area contributed by atoms with Crippen molar-refractivity contribution in [3.63, 3.8) is 0 Å². The van der Waals surface area contributed by atoms with Crippen LogP contribution < -0.4 is 10.2 Å². The van der Waals surface area contributed by atoms with Gasteiger partial charge in [0.25, 0.3) is 0 Å². The predicted molar refractivity (Wildman–Crippen MR) is 91.6 cm³/mol. The van der Waals surface area contributed by atoms with Crippen LogP contribution in [0.1, 0.15) is 24.5 Å². The van der Waals surface area contributed by atoms with Crippen LogP contribution in [-0.4, -0.2) is 18.4 Å². The molecular formula is C19H20N2O2. The number of benzene rings is 2. The molecule has 23 heavy (non-hydrogen) atoms. The van der Waals surface area contributed by atoms with Crippen molar-refractivity contribution < 1.29 is 9.59 Å². The summed E-state index contributed by atoms with van der Waals surface area (Å²) in [5.74, 6) is -0.429. The molecule has 0 atom stereocenters. The summed E-state index contributed by atoms with van der Waals surface area (Å²) in [7, 11) is 0. The Morgan fingerprint density at radius 2 is 1.83 bits per heavy atom. The summed E-state index contributed by atoms with van der Waals surface area (Å²) in [4.78, 5) is 26.2. The average Bonchev–Trinajstić information content (AvgIpc) is 2.99. The van der Waals surface area contributed by atoms with Gasteiger partial charge in [0.15, 0.2) is 0 Å². The van der Waals surface area contributed by atoms with Crippen LogP contribution in [0.4, 0.5) is 11.4 Å². The fraction of sp³-hybridized carbons (Fsp3) is 0.263. The van der Waals surface area contributed by atoms with Crippen molar-refractivity contribution in [2.24, 2.45) is 0 Å². The monoisotopic (exact) mass is 308 g/mol. The molecule has 0 saturated heterocycles. The largest absolute Gasteiger partial charge is 0.326 e. The molecule has 0 unspecified atom stereocenters. The number of rotatable bonds is 4. The minimum atomic E-state index is -0.274. The van der Waals surface area contributed by atoms with Crippen molar-refractivity contribution in [1.29, 1.82) is 0 Å². The van der Waals surface area contributed by atoms with E-state index in [9.17, 15) is 9.59 Å². The van der Waals surface area contributed by atoms with E-state index in [2.05, 4.69) is 12.2 Å². The molecule has 0 fully saturated rings. The molecule has 2 aromatic rings. The Labute approximate surface area is 136 Å². The van der Waals surface area contributed by atoms with Gasteiger partial charge < -0.3 is 10.2 Å². The highest BCUT2D eigenvalue weighted by molar-refractivity contribution is 6.09. The Bertz CT molecular complexity index is 722. The molecule has 3 rings (SSSR count). The molecule has 0 saturated carbocycles. The minimum absolute atomic E-state index is 0.135. The van der Waals surface area contributed by atoms with Crippen molar-refractivity contribution in [2.45, 2.75) is 26.2 Å². The van der Waals surface area contributed by atoms with Crippen LogP contribution in [0.3, 0.4) is 0 Å². The van der Waals surface area contributed by atoms with E-state index >= 15 is 0 Å². The highest BCUT2D eigenvalue weighted by Gasteiger charge is 2.25. The molecule has 1 heterocycles. The Morgan fingerprint density at radius 3 is 2.57 bits per heavy atom. The van der Waals surface area contributed by atoms with Crippen LogP contribution in [0.5, 0.6) is 0 Å². The van der Waals surface area contributed by atoms with Crippen LogP contribution in [-0.2, 0) is 22.4 Å². The van der Waals surface area contributed by atoms with Gasteiger partial charge in [-0.05, 0) is 42.2 Å². The van der Waals surface area contributed by atoms with Crippen molar-refractivity contribution in [2.75, 3.05) is 16.8 Å². The molecule has 0 radical (unpaired) electrons. The number of nitrogens with one attached hydrogen (secondary N) is 1. The molecule has 1 aliphatic heterocycles. The first-order valence-corrected chi connectivity index (χ1v) is 7.94. The normalized spacial score (nSPS) is 12.8. The van der Waals surface area contributed by atoms with Gasteiger partial charge in [0.05, 0.1) is 0 Å². The molecule has 0 aliphatic carbocycles. The van der Waals surface area contributed by atoms with Crippen molar-refractivity contribution in [1.82, 2.24) is 0 Å². The maximum Gasteiger partial charge on any atom is 0.236 e. The van der Waals surface area contributed by atoms with E-state index in [0.29, 0.717) is 6.54 Å². The number of carbonyl (C=O) groups excluding carboxylic acids is 2. The van der Waals surface area contributed by atoms with E-state index in [0.717, 1.165) is 29.8 Å². The number of nitrogens with zero attached hydrogens (tertiary/aromatic N) is 1. The maximum absolute atomic E-state index is 12.4.